The first-order valence-electron chi connectivity index (χ1n) is 8.41. The highest BCUT2D eigenvalue weighted by Crippen LogP contribution is 2.22. The van der Waals surface area contributed by atoms with Gasteiger partial charge < -0.3 is 20.4 Å². The van der Waals surface area contributed by atoms with Crippen LogP contribution in [-0.4, -0.2) is 71.3 Å². The van der Waals surface area contributed by atoms with Crippen LogP contribution >= 0.6 is 0 Å². The summed E-state index contributed by atoms with van der Waals surface area (Å²) in [6.07, 6.45) is 8.93. The summed E-state index contributed by atoms with van der Waals surface area (Å²) >= 11 is 0. The fraction of sp³-hybridized carbons (Fsp3) is 0.500. The van der Waals surface area contributed by atoms with E-state index in [1.54, 1.807) is 24.8 Å². The van der Waals surface area contributed by atoms with Crippen molar-refractivity contribution in [2.24, 2.45) is 0 Å². The minimum atomic E-state index is 0.274. The molecule has 0 saturated carbocycles. The van der Waals surface area contributed by atoms with Gasteiger partial charge in [0.15, 0.2) is 0 Å². The zero-order valence-electron chi connectivity index (χ0n) is 13.5. The van der Waals surface area contributed by atoms with Crippen LogP contribution in [0.1, 0.15) is 0 Å². The van der Waals surface area contributed by atoms with E-state index in [1.165, 1.54) is 0 Å². The molecule has 24 heavy (non-hydrogen) atoms. The zero-order chi connectivity index (χ0) is 16.2. The van der Waals surface area contributed by atoms with Crippen molar-refractivity contribution in [1.29, 1.82) is 0 Å². The lowest BCUT2D eigenvalue weighted by Crippen LogP contribution is -2.66. The van der Waals surface area contributed by atoms with Crippen LogP contribution in [0.4, 0.5) is 11.8 Å². The van der Waals surface area contributed by atoms with Crippen molar-refractivity contribution in [3.8, 4) is 0 Å². The Morgan fingerprint density at radius 3 is 2.25 bits per heavy atom. The van der Waals surface area contributed by atoms with Gasteiger partial charge in [0.05, 0.1) is 18.3 Å². The van der Waals surface area contributed by atoms with Gasteiger partial charge in [-0.1, -0.05) is 0 Å². The molecule has 0 amide bonds. The van der Waals surface area contributed by atoms with E-state index in [1.807, 2.05) is 12.3 Å². The van der Waals surface area contributed by atoms with Crippen LogP contribution in [0.3, 0.4) is 0 Å². The van der Waals surface area contributed by atoms with Gasteiger partial charge in [-0.05, 0) is 6.07 Å². The van der Waals surface area contributed by atoms with Gasteiger partial charge in [0, 0.05) is 64.1 Å². The Balaban J connectivity index is 1.63. The third-order valence-corrected chi connectivity index (χ3v) is 4.66. The molecule has 2 aromatic heterocycles. The van der Waals surface area contributed by atoms with Gasteiger partial charge >= 0.3 is 0 Å². The Hall–Kier alpha value is -2.32. The quantitative estimate of drug-likeness (QED) is 0.783. The summed E-state index contributed by atoms with van der Waals surface area (Å²) in [6, 6.07) is 2.41. The van der Waals surface area contributed by atoms with Crippen LogP contribution in [0.25, 0.3) is 0 Å². The summed E-state index contributed by atoms with van der Waals surface area (Å²) in [5.41, 5.74) is 0. The first kappa shape index (κ1) is 15.2. The second-order valence-electron chi connectivity index (χ2n) is 6.04. The SMILES string of the molecule is c1cnc(N2CCNCC2C2CNCCN2c2cnccn2)nc1. The molecule has 2 aromatic rings. The standard InChI is InChI=1S/C16H22N8/c1-2-21-16(22-3-1)24-9-7-19-11-14(24)13-10-18-6-8-23(13)15-12-17-4-5-20-15/h1-5,12-14,18-19H,6-11H2. The fourth-order valence-corrected chi connectivity index (χ4v) is 3.55. The van der Waals surface area contributed by atoms with Gasteiger partial charge in [-0.15, -0.1) is 0 Å². The molecule has 8 heteroatoms. The number of nitrogens with one attached hydrogen (secondary N) is 2. The van der Waals surface area contributed by atoms with E-state index >= 15 is 0 Å². The number of aromatic nitrogens is 4. The Morgan fingerprint density at radius 2 is 1.54 bits per heavy atom. The van der Waals surface area contributed by atoms with Gasteiger partial charge in [-0.3, -0.25) is 4.98 Å². The number of rotatable bonds is 3. The molecule has 2 unspecified atom stereocenters. The number of anilines is 2. The van der Waals surface area contributed by atoms with Gasteiger partial charge in [0.2, 0.25) is 5.95 Å². The summed E-state index contributed by atoms with van der Waals surface area (Å²) in [5, 5.41) is 7.03. The molecule has 2 aliphatic heterocycles. The molecule has 0 spiro atoms. The molecule has 126 valence electrons. The predicted molar refractivity (Wildman–Crippen MR) is 92.1 cm³/mol. The van der Waals surface area contributed by atoms with Crippen LogP contribution in [0.15, 0.2) is 37.1 Å². The molecule has 0 radical (unpaired) electrons. The van der Waals surface area contributed by atoms with Crippen molar-refractivity contribution in [1.82, 2.24) is 30.6 Å². The second kappa shape index (κ2) is 7.06. The lowest BCUT2D eigenvalue weighted by atomic mass is 10.0. The van der Waals surface area contributed by atoms with Crippen LogP contribution in [-0.2, 0) is 0 Å². The highest BCUT2D eigenvalue weighted by molar-refractivity contribution is 5.42. The van der Waals surface area contributed by atoms with Gasteiger partial charge in [0.25, 0.3) is 0 Å². The first-order valence-corrected chi connectivity index (χ1v) is 8.41. The average molecular weight is 326 g/mol. The normalized spacial score (nSPS) is 24.8. The van der Waals surface area contributed by atoms with E-state index in [0.29, 0.717) is 0 Å². The first-order chi connectivity index (χ1) is 11.9. The molecule has 8 nitrogen and oxygen atoms in total. The average Bonchev–Trinajstić information content (AvgIpc) is 2.69. The Morgan fingerprint density at radius 1 is 0.833 bits per heavy atom. The Bertz CT molecular complexity index is 580. The van der Waals surface area contributed by atoms with E-state index in [0.717, 1.165) is 51.0 Å². The molecule has 0 aromatic carbocycles. The molecule has 0 bridgehead atoms. The van der Waals surface area contributed by atoms with Crippen molar-refractivity contribution in [2.75, 3.05) is 49.1 Å². The fourth-order valence-electron chi connectivity index (χ4n) is 3.55. The maximum absolute atomic E-state index is 4.51. The summed E-state index contributed by atoms with van der Waals surface area (Å²) in [7, 11) is 0. The highest BCUT2D eigenvalue weighted by atomic mass is 15.4. The van der Waals surface area contributed by atoms with Gasteiger partial charge in [-0.2, -0.15) is 0 Å². The van der Waals surface area contributed by atoms with E-state index in [4.69, 9.17) is 0 Å². The molecular formula is C16H22N8. The number of hydrogen-bond donors (Lipinski definition) is 2. The lowest BCUT2D eigenvalue weighted by molar-refractivity contribution is 0.355. The number of piperazine rings is 2. The van der Waals surface area contributed by atoms with Crippen molar-refractivity contribution < 1.29 is 0 Å². The van der Waals surface area contributed by atoms with Crippen molar-refractivity contribution in [3.63, 3.8) is 0 Å². The van der Waals surface area contributed by atoms with Crippen LogP contribution in [0, 0.1) is 0 Å². The monoisotopic (exact) mass is 326 g/mol. The molecular weight excluding hydrogens is 304 g/mol. The predicted octanol–water partition coefficient (Wildman–Crippen LogP) is -0.477. The molecule has 2 fully saturated rings. The maximum Gasteiger partial charge on any atom is 0.225 e. The zero-order valence-corrected chi connectivity index (χ0v) is 13.5. The third kappa shape index (κ3) is 3.02. The van der Waals surface area contributed by atoms with E-state index in [-0.39, 0.29) is 12.1 Å². The summed E-state index contributed by atoms with van der Waals surface area (Å²) in [6.45, 7) is 5.53. The maximum atomic E-state index is 4.51. The Labute approximate surface area is 141 Å². The van der Waals surface area contributed by atoms with Crippen LogP contribution < -0.4 is 20.4 Å². The smallest absolute Gasteiger partial charge is 0.225 e. The molecule has 4 heterocycles. The lowest BCUT2D eigenvalue weighted by Gasteiger charge is -2.47. The molecule has 2 saturated heterocycles. The largest absolute Gasteiger partial charge is 0.348 e. The molecule has 2 aliphatic rings. The summed E-state index contributed by atoms with van der Waals surface area (Å²) in [4.78, 5) is 22.4. The second-order valence-corrected chi connectivity index (χ2v) is 6.04. The summed E-state index contributed by atoms with van der Waals surface area (Å²) < 4.78 is 0. The molecule has 2 atom stereocenters. The van der Waals surface area contributed by atoms with E-state index in [9.17, 15) is 0 Å². The molecule has 4 rings (SSSR count). The number of nitrogens with zero attached hydrogens (tertiary/aromatic N) is 6. The highest BCUT2D eigenvalue weighted by Gasteiger charge is 2.36. The molecule has 2 N–H and O–H groups in total. The number of hydrogen-bond acceptors (Lipinski definition) is 8. The minimum absolute atomic E-state index is 0.274. The third-order valence-electron chi connectivity index (χ3n) is 4.66. The summed E-state index contributed by atoms with van der Waals surface area (Å²) in [5.74, 6) is 1.73. The van der Waals surface area contributed by atoms with Crippen molar-refractivity contribution in [2.45, 2.75) is 12.1 Å². The van der Waals surface area contributed by atoms with E-state index < -0.39 is 0 Å². The van der Waals surface area contributed by atoms with E-state index in [2.05, 4.69) is 40.4 Å². The van der Waals surface area contributed by atoms with Gasteiger partial charge in [-0.25, -0.2) is 15.0 Å². The Kier molecular flexibility index (Phi) is 4.48. The van der Waals surface area contributed by atoms with Crippen LogP contribution in [0.2, 0.25) is 0 Å². The molecule has 0 aliphatic carbocycles. The van der Waals surface area contributed by atoms with Crippen molar-refractivity contribution >= 4 is 11.8 Å². The van der Waals surface area contributed by atoms with Gasteiger partial charge in [0.1, 0.15) is 5.82 Å². The van der Waals surface area contributed by atoms with Crippen molar-refractivity contribution in [3.05, 3.63) is 37.1 Å². The topological polar surface area (TPSA) is 82.1 Å². The minimum Gasteiger partial charge on any atom is -0.348 e. The van der Waals surface area contributed by atoms with Crippen LogP contribution in [0.5, 0.6) is 0 Å².